The van der Waals surface area contributed by atoms with Gasteiger partial charge in [0.05, 0.1) is 0 Å². The van der Waals surface area contributed by atoms with Gasteiger partial charge in [-0.2, -0.15) is 0 Å². The molecule has 1 heterocycles. The van der Waals surface area contributed by atoms with E-state index in [4.69, 9.17) is 16.3 Å². The van der Waals surface area contributed by atoms with Gasteiger partial charge in [-0.05, 0) is 86.8 Å². The molecule has 1 aromatic rings. The van der Waals surface area contributed by atoms with Gasteiger partial charge in [0.25, 0.3) is 0 Å². The molecule has 0 aromatic heterocycles. The van der Waals surface area contributed by atoms with Crippen molar-refractivity contribution in [2.24, 2.45) is 23.2 Å². The Kier molecular flexibility index (Phi) is 6.58. The number of carbonyl (C=O) groups is 2. The minimum atomic E-state index is -0.100. The average molecular weight is 474 g/mol. The monoisotopic (exact) mass is 473 g/mol. The third-order valence-electron chi connectivity index (χ3n) is 8.65. The molecule has 6 rings (SSSR count). The van der Waals surface area contributed by atoms with Gasteiger partial charge in [-0.1, -0.05) is 17.7 Å². The van der Waals surface area contributed by atoms with E-state index in [0.29, 0.717) is 13.1 Å². The lowest BCUT2D eigenvalue weighted by molar-refractivity contribution is -0.139. The highest BCUT2D eigenvalue weighted by Gasteiger charge is 2.53. The quantitative estimate of drug-likeness (QED) is 0.655. The highest BCUT2D eigenvalue weighted by Crippen LogP contribution is 2.61. The van der Waals surface area contributed by atoms with E-state index in [1.165, 1.54) is 38.5 Å². The van der Waals surface area contributed by atoms with Gasteiger partial charge in [-0.3, -0.25) is 9.59 Å². The van der Waals surface area contributed by atoms with Crippen molar-refractivity contribution in [2.75, 3.05) is 44.3 Å². The summed E-state index contributed by atoms with van der Waals surface area (Å²) in [6.07, 6.45) is 8.00. The fourth-order valence-corrected chi connectivity index (χ4v) is 7.54. The second-order valence-electron chi connectivity index (χ2n) is 10.9. The zero-order chi connectivity index (χ0) is 23.0. The lowest BCUT2D eigenvalue weighted by Crippen LogP contribution is -2.56. The van der Waals surface area contributed by atoms with E-state index < -0.39 is 0 Å². The van der Waals surface area contributed by atoms with Crippen molar-refractivity contribution in [3.63, 3.8) is 0 Å². The average Bonchev–Trinajstić information content (AvgIpc) is 2.78. The van der Waals surface area contributed by atoms with Gasteiger partial charge in [-0.25, -0.2) is 0 Å². The van der Waals surface area contributed by atoms with Crippen molar-refractivity contribution in [1.29, 1.82) is 0 Å². The first-order valence-electron chi connectivity index (χ1n) is 12.6. The van der Waals surface area contributed by atoms with Crippen molar-refractivity contribution >= 4 is 29.1 Å². The van der Waals surface area contributed by atoms with Crippen LogP contribution in [0.15, 0.2) is 24.3 Å². The number of ether oxygens (including phenoxy) is 1. The lowest BCUT2D eigenvalue weighted by atomic mass is 9.48. The fraction of sp³-hybridized carbons (Fsp3) is 0.692. The number of anilines is 1. The summed E-state index contributed by atoms with van der Waals surface area (Å²) in [4.78, 5) is 29.2. The molecular formula is C26H36ClN3O3. The molecule has 1 aliphatic heterocycles. The second kappa shape index (κ2) is 9.46. The largest absolute Gasteiger partial charge is 0.368 e. The van der Waals surface area contributed by atoms with Crippen molar-refractivity contribution in [3.8, 4) is 0 Å². The van der Waals surface area contributed by atoms with Crippen LogP contribution in [0.3, 0.4) is 0 Å². The van der Waals surface area contributed by atoms with Crippen molar-refractivity contribution in [1.82, 2.24) is 10.2 Å². The molecule has 2 amide bonds. The molecule has 1 saturated heterocycles. The first-order valence-corrected chi connectivity index (χ1v) is 12.9. The summed E-state index contributed by atoms with van der Waals surface area (Å²) in [5.74, 6) is 2.44. The number of amides is 2. The predicted molar refractivity (Wildman–Crippen MR) is 129 cm³/mol. The molecule has 0 radical (unpaired) electrons. The Balaban J connectivity index is 1.03. The number of piperazine rings is 1. The number of nitrogens with zero attached hydrogens (tertiary/aromatic N) is 2. The number of hydrogen-bond donors (Lipinski definition) is 1. The van der Waals surface area contributed by atoms with E-state index in [1.807, 2.05) is 29.2 Å². The maximum Gasteiger partial charge on any atom is 0.248 e. The standard InChI is InChI=1S/C26H36ClN3O3/c1-18(26-13-19-9-20(14-26)11-21(10-19)15-26)28-24(31)16-33-17-25(32)30-7-5-29(6-8-30)23-4-2-3-22(27)12-23/h2-4,12,18-21H,5-11,13-17H2,1H3,(H,28,31). The summed E-state index contributed by atoms with van der Waals surface area (Å²) in [5.41, 5.74) is 1.36. The maximum atomic E-state index is 12.6. The Hall–Kier alpha value is -1.79. The van der Waals surface area contributed by atoms with Crippen molar-refractivity contribution < 1.29 is 14.3 Å². The molecule has 4 bridgehead atoms. The lowest BCUT2D eigenvalue weighted by Gasteiger charge is -2.59. The van der Waals surface area contributed by atoms with Gasteiger partial charge in [0.2, 0.25) is 11.8 Å². The fourth-order valence-electron chi connectivity index (χ4n) is 7.35. The molecule has 4 aliphatic carbocycles. The molecule has 1 N–H and O–H groups in total. The summed E-state index contributed by atoms with van der Waals surface area (Å²) in [6, 6.07) is 7.97. The van der Waals surface area contributed by atoms with E-state index >= 15 is 0 Å². The summed E-state index contributed by atoms with van der Waals surface area (Å²) < 4.78 is 5.52. The van der Waals surface area contributed by atoms with Gasteiger partial charge >= 0.3 is 0 Å². The third kappa shape index (κ3) is 5.02. The molecule has 1 aromatic carbocycles. The number of nitrogens with one attached hydrogen (secondary N) is 1. The van der Waals surface area contributed by atoms with Crippen LogP contribution in [-0.4, -0.2) is 62.1 Å². The summed E-state index contributed by atoms with van der Waals surface area (Å²) in [5, 5.41) is 3.93. The van der Waals surface area contributed by atoms with Crippen molar-refractivity contribution in [3.05, 3.63) is 29.3 Å². The molecule has 33 heavy (non-hydrogen) atoms. The number of benzene rings is 1. The van der Waals surface area contributed by atoms with Crippen LogP contribution >= 0.6 is 11.6 Å². The molecule has 4 saturated carbocycles. The molecule has 1 atom stereocenters. The molecule has 5 fully saturated rings. The van der Waals surface area contributed by atoms with Gasteiger partial charge in [-0.15, -0.1) is 0 Å². The molecule has 5 aliphatic rings. The van der Waals surface area contributed by atoms with E-state index in [9.17, 15) is 9.59 Å². The molecule has 1 unspecified atom stereocenters. The normalized spacial score (nSPS) is 31.5. The number of halogens is 1. The van der Waals surface area contributed by atoms with Crippen LogP contribution in [-0.2, 0) is 14.3 Å². The molecular weight excluding hydrogens is 438 g/mol. The van der Waals surface area contributed by atoms with E-state index in [0.717, 1.165) is 41.6 Å². The van der Waals surface area contributed by atoms with Crippen LogP contribution < -0.4 is 10.2 Å². The predicted octanol–water partition coefficient (Wildman–Crippen LogP) is 3.73. The Morgan fingerprint density at radius 2 is 1.70 bits per heavy atom. The van der Waals surface area contributed by atoms with E-state index in [2.05, 4.69) is 17.1 Å². The Bertz CT molecular complexity index is 848. The maximum absolute atomic E-state index is 12.6. The zero-order valence-electron chi connectivity index (χ0n) is 19.6. The van der Waals surface area contributed by atoms with Crippen LogP contribution in [0, 0.1) is 23.2 Å². The van der Waals surface area contributed by atoms with Crippen LogP contribution in [0.1, 0.15) is 45.4 Å². The van der Waals surface area contributed by atoms with Gasteiger partial charge in [0, 0.05) is 42.9 Å². The van der Waals surface area contributed by atoms with Gasteiger partial charge in [0.1, 0.15) is 13.2 Å². The minimum Gasteiger partial charge on any atom is -0.368 e. The molecule has 0 spiro atoms. The summed E-state index contributed by atoms with van der Waals surface area (Å²) >= 11 is 6.09. The Morgan fingerprint density at radius 3 is 2.30 bits per heavy atom. The van der Waals surface area contributed by atoms with Crippen LogP contribution in [0.5, 0.6) is 0 Å². The summed E-state index contributed by atoms with van der Waals surface area (Å²) in [7, 11) is 0. The SMILES string of the molecule is CC(NC(=O)COCC(=O)N1CCN(c2cccc(Cl)c2)CC1)C12CC3CC(CC(C3)C1)C2. The minimum absolute atomic E-state index is 0.0453. The van der Waals surface area contributed by atoms with E-state index in [1.54, 1.807) is 0 Å². The van der Waals surface area contributed by atoms with Crippen LogP contribution in [0.25, 0.3) is 0 Å². The van der Waals surface area contributed by atoms with Gasteiger partial charge in [0.15, 0.2) is 0 Å². The topological polar surface area (TPSA) is 61.9 Å². The van der Waals surface area contributed by atoms with Crippen molar-refractivity contribution in [2.45, 2.75) is 51.5 Å². The molecule has 7 heteroatoms. The number of carbonyl (C=O) groups excluding carboxylic acids is 2. The highest BCUT2D eigenvalue weighted by molar-refractivity contribution is 6.30. The second-order valence-corrected chi connectivity index (χ2v) is 11.3. The number of rotatable bonds is 7. The molecule has 180 valence electrons. The zero-order valence-corrected chi connectivity index (χ0v) is 20.4. The van der Waals surface area contributed by atoms with E-state index in [-0.39, 0.29) is 36.5 Å². The van der Waals surface area contributed by atoms with Crippen LogP contribution in [0.2, 0.25) is 5.02 Å². The Labute approximate surface area is 202 Å². The Morgan fingerprint density at radius 1 is 1.06 bits per heavy atom. The summed E-state index contributed by atoms with van der Waals surface area (Å²) in [6.45, 7) is 4.88. The first-order chi connectivity index (χ1) is 15.9. The highest BCUT2D eigenvalue weighted by atomic mass is 35.5. The first kappa shape index (κ1) is 23.0. The van der Waals surface area contributed by atoms with Crippen LogP contribution in [0.4, 0.5) is 5.69 Å². The molecule has 6 nitrogen and oxygen atoms in total. The smallest absolute Gasteiger partial charge is 0.248 e. The van der Waals surface area contributed by atoms with Gasteiger partial charge < -0.3 is 19.9 Å². The third-order valence-corrected chi connectivity index (χ3v) is 8.88. The number of hydrogen-bond acceptors (Lipinski definition) is 4.